The van der Waals surface area contributed by atoms with Crippen molar-refractivity contribution in [2.75, 3.05) is 12.4 Å². The van der Waals surface area contributed by atoms with Gasteiger partial charge in [0.25, 0.3) is 0 Å². The summed E-state index contributed by atoms with van der Waals surface area (Å²) >= 11 is 0. The van der Waals surface area contributed by atoms with Gasteiger partial charge in [0.1, 0.15) is 11.6 Å². The van der Waals surface area contributed by atoms with Crippen LogP contribution in [0.25, 0.3) is 5.69 Å². The van der Waals surface area contributed by atoms with Crippen molar-refractivity contribution in [3.05, 3.63) is 102 Å². The number of anilines is 1. The number of benzene rings is 3. The Morgan fingerprint density at radius 2 is 1.67 bits per heavy atom. The number of carbonyl (C=O) groups is 1. The maximum absolute atomic E-state index is 12.9. The Bertz CT molecular complexity index is 1330. The number of urea groups is 1. The quantitative estimate of drug-likeness (QED) is 0.498. The lowest BCUT2D eigenvalue weighted by Gasteiger charge is -2.15. The van der Waals surface area contributed by atoms with Gasteiger partial charge in [-0.3, -0.25) is 9.56 Å². The van der Waals surface area contributed by atoms with Crippen LogP contribution in [-0.2, 0) is 0 Å². The van der Waals surface area contributed by atoms with Crippen LogP contribution in [0, 0.1) is 6.92 Å². The Balaban J connectivity index is 1.54. The molecule has 33 heavy (non-hydrogen) atoms. The molecule has 0 bridgehead atoms. The first kappa shape index (κ1) is 20.4. The van der Waals surface area contributed by atoms with Crippen LogP contribution in [0.15, 0.2) is 83.9 Å². The highest BCUT2D eigenvalue weighted by atomic mass is 16.5. The summed E-state index contributed by atoms with van der Waals surface area (Å²) in [6, 6.07) is 24.6. The van der Waals surface area contributed by atoms with Crippen LogP contribution in [-0.4, -0.2) is 33.6 Å². The molecule has 1 aromatic heterocycles. The van der Waals surface area contributed by atoms with Crippen molar-refractivity contribution in [1.29, 1.82) is 0 Å². The Morgan fingerprint density at radius 1 is 0.939 bits per heavy atom. The molecule has 1 aliphatic heterocycles. The molecule has 2 heterocycles. The van der Waals surface area contributed by atoms with E-state index in [9.17, 15) is 4.79 Å². The molecule has 2 N–H and O–H groups in total. The van der Waals surface area contributed by atoms with Crippen molar-refractivity contribution in [2.24, 2.45) is 4.99 Å². The predicted octanol–water partition coefficient (Wildman–Crippen LogP) is 4.26. The summed E-state index contributed by atoms with van der Waals surface area (Å²) in [6.45, 7) is 1.88. The Labute approximate surface area is 191 Å². The highest BCUT2D eigenvalue weighted by Gasteiger charge is 2.29. The molecule has 0 aliphatic carbocycles. The van der Waals surface area contributed by atoms with Gasteiger partial charge in [0.15, 0.2) is 12.0 Å². The lowest BCUT2D eigenvalue weighted by Crippen LogP contribution is -2.33. The largest absolute Gasteiger partial charge is 0.497 e. The zero-order valence-electron chi connectivity index (χ0n) is 18.2. The van der Waals surface area contributed by atoms with Crippen LogP contribution in [0.1, 0.15) is 28.9 Å². The average molecular weight is 438 g/mol. The van der Waals surface area contributed by atoms with E-state index >= 15 is 0 Å². The van der Waals surface area contributed by atoms with Gasteiger partial charge in [-0.25, -0.2) is 4.79 Å². The standard InChI is InChI=1S/C25H22N6O2/c1-16-29-30-24-23(28-25(32)26-18-12-14-19(33-2)15-13-18)27-22(17-8-4-3-5-9-17)20-10-6-7-11-21(20)31(16)24/h3-15,23H,1-2H3,(H2,26,28,32). The van der Waals surface area contributed by atoms with E-state index in [4.69, 9.17) is 9.73 Å². The third-order valence-electron chi connectivity index (χ3n) is 5.42. The molecule has 0 fully saturated rings. The van der Waals surface area contributed by atoms with Gasteiger partial charge < -0.3 is 15.4 Å². The fraction of sp³-hybridized carbons (Fsp3) is 0.120. The molecular weight excluding hydrogens is 416 g/mol. The van der Waals surface area contributed by atoms with Gasteiger partial charge in [0.05, 0.1) is 18.5 Å². The van der Waals surface area contributed by atoms with Gasteiger partial charge in [-0.2, -0.15) is 0 Å². The number of para-hydroxylation sites is 1. The molecule has 1 aliphatic rings. The maximum atomic E-state index is 12.9. The molecule has 8 nitrogen and oxygen atoms in total. The zero-order valence-corrected chi connectivity index (χ0v) is 18.2. The number of aliphatic imine (C=N–C) groups is 1. The number of methoxy groups -OCH3 is 1. The van der Waals surface area contributed by atoms with Crippen LogP contribution < -0.4 is 15.4 Å². The second-order valence-corrected chi connectivity index (χ2v) is 7.53. The Kier molecular flexibility index (Phi) is 5.32. The van der Waals surface area contributed by atoms with Gasteiger partial charge in [-0.15, -0.1) is 10.2 Å². The minimum atomic E-state index is -0.743. The first-order valence-corrected chi connectivity index (χ1v) is 10.5. The van der Waals surface area contributed by atoms with Gasteiger partial charge >= 0.3 is 6.03 Å². The molecule has 1 unspecified atom stereocenters. The summed E-state index contributed by atoms with van der Waals surface area (Å²) in [4.78, 5) is 17.9. The predicted molar refractivity (Wildman–Crippen MR) is 126 cm³/mol. The molecule has 0 saturated carbocycles. The molecule has 4 aromatic rings. The third kappa shape index (κ3) is 3.94. The first-order chi connectivity index (χ1) is 16.1. The highest BCUT2D eigenvalue weighted by Crippen LogP contribution is 2.29. The smallest absolute Gasteiger partial charge is 0.321 e. The average Bonchev–Trinajstić information content (AvgIpc) is 3.17. The summed E-state index contributed by atoms with van der Waals surface area (Å²) in [7, 11) is 1.60. The minimum absolute atomic E-state index is 0.403. The van der Waals surface area contributed by atoms with Gasteiger partial charge in [0.2, 0.25) is 0 Å². The van der Waals surface area contributed by atoms with E-state index in [0.717, 1.165) is 22.5 Å². The number of hydrogen-bond acceptors (Lipinski definition) is 5. The van der Waals surface area contributed by atoms with E-state index < -0.39 is 12.2 Å². The molecule has 0 radical (unpaired) electrons. The number of amides is 2. The molecule has 5 rings (SSSR count). The fourth-order valence-corrected chi connectivity index (χ4v) is 3.87. The zero-order chi connectivity index (χ0) is 22.8. The molecule has 0 spiro atoms. The van der Waals surface area contributed by atoms with Gasteiger partial charge in [0, 0.05) is 16.8 Å². The summed E-state index contributed by atoms with van der Waals surface area (Å²) in [6.07, 6.45) is -0.743. The molecule has 3 aromatic carbocycles. The molecule has 2 amide bonds. The summed E-state index contributed by atoms with van der Waals surface area (Å²) in [5.74, 6) is 1.96. The highest BCUT2D eigenvalue weighted by molar-refractivity contribution is 6.15. The number of carbonyl (C=O) groups excluding carboxylic acids is 1. The minimum Gasteiger partial charge on any atom is -0.497 e. The van der Waals surface area contributed by atoms with Crippen molar-refractivity contribution >= 4 is 17.4 Å². The summed E-state index contributed by atoms with van der Waals surface area (Å²) < 4.78 is 7.11. The number of nitrogens with one attached hydrogen (secondary N) is 2. The fourth-order valence-electron chi connectivity index (χ4n) is 3.87. The maximum Gasteiger partial charge on any atom is 0.321 e. The second-order valence-electron chi connectivity index (χ2n) is 7.53. The monoisotopic (exact) mass is 438 g/mol. The van der Waals surface area contributed by atoms with Crippen LogP contribution in [0.3, 0.4) is 0 Å². The van der Waals surface area contributed by atoms with E-state index in [1.165, 1.54) is 0 Å². The number of fused-ring (bicyclic) bond motifs is 3. The number of aryl methyl sites for hydroxylation is 1. The van der Waals surface area contributed by atoms with E-state index in [2.05, 4.69) is 20.8 Å². The van der Waals surface area contributed by atoms with E-state index in [0.29, 0.717) is 23.1 Å². The summed E-state index contributed by atoms with van der Waals surface area (Å²) in [5.41, 5.74) is 4.20. The topological polar surface area (TPSA) is 93.4 Å². The van der Waals surface area contributed by atoms with Crippen LogP contribution in [0.5, 0.6) is 5.75 Å². The molecular formula is C25H22N6O2. The van der Waals surface area contributed by atoms with Gasteiger partial charge in [-0.05, 0) is 37.3 Å². The normalized spacial score (nSPS) is 14.4. The third-order valence-corrected chi connectivity index (χ3v) is 5.42. The number of aromatic nitrogens is 3. The van der Waals surface area contributed by atoms with E-state index in [-0.39, 0.29) is 0 Å². The number of rotatable bonds is 4. The van der Waals surface area contributed by atoms with Crippen molar-refractivity contribution in [3.63, 3.8) is 0 Å². The van der Waals surface area contributed by atoms with E-state index in [1.807, 2.05) is 66.1 Å². The van der Waals surface area contributed by atoms with Gasteiger partial charge in [-0.1, -0.05) is 48.5 Å². The molecule has 8 heteroatoms. The molecule has 0 saturated heterocycles. The van der Waals surface area contributed by atoms with Crippen molar-refractivity contribution in [1.82, 2.24) is 20.1 Å². The number of hydrogen-bond donors (Lipinski definition) is 2. The lowest BCUT2D eigenvalue weighted by molar-refractivity contribution is 0.248. The second kappa shape index (κ2) is 8.58. The Morgan fingerprint density at radius 3 is 2.42 bits per heavy atom. The number of nitrogens with zero attached hydrogens (tertiary/aromatic N) is 4. The summed E-state index contributed by atoms with van der Waals surface area (Å²) in [5, 5.41) is 14.4. The van der Waals surface area contributed by atoms with Crippen LogP contribution in [0.4, 0.5) is 10.5 Å². The number of ether oxygens (including phenoxy) is 1. The van der Waals surface area contributed by atoms with E-state index in [1.54, 1.807) is 31.4 Å². The SMILES string of the molecule is COc1ccc(NC(=O)NC2N=C(c3ccccc3)c3ccccc3-n3c(C)nnc32)cc1. The van der Waals surface area contributed by atoms with Crippen LogP contribution in [0.2, 0.25) is 0 Å². The first-order valence-electron chi connectivity index (χ1n) is 10.5. The lowest BCUT2D eigenvalue weighted by atomic mass is 10.0. The van der Waals surface area contributed by atoms with Crippen molar-refractivity contribution in [2.45, 2.75) is 13.1 Å². The molecule has 1 atom stereocenters. The van der Waals surface area contributed by atoms with Crippen molar-refractivity contribution < 1.29 is 9.53 Å². The molecule has 164 valence electrons. The van der Waals surface area contributed by atoms with Crippen molar-refractivity contribution in [3.8, 4) is 11.4 Å². The van der Waals surface area contributed by atoms with Crippen LogP contribution >= 0.6 is 0 Å². The Hall–Kier alpha value is -4.46.